The monoisotopic (exact) mass is 132 g/mol. The van der Waals surface area contributed by atoms with Crippen LogP contribution >= 0.6 is 7.85 Å². The summed E-state index contributed by atoms with van der Waals surface area (Å²) in [7, 11) is -7.55. The van der Waals surface area contributed by atoms with Gasteiger partial charge in [-0.2, -0.15) is 0 Å². The van der Waals surface area contributed by atoms with Crippen LogP contribution in [0.4, 0.5) is 16.8 Å². The Kier molecular flexibility index (Phi) is 1.06. The molecule has 0 unspecified atom stereocenters. The minimum atomic E-state index is -7.55. The van der Waals surface area contributed by atoms with Crippen LogP contribution in [-0.4, -0.2) is 0 Å². The van der Waals surface area contributed by atoms with E-state index in [-0.39, 0.29) is 5.66 Å². The molecule has 7 heavy (non-hydrogen) atoms. The second kappa shape index (κ2) is 1.10. The molecule has 0 N–H and O–H groups in total. The third kappa shape index (κ3) is 5.71. The first-order chi connectivity index (χ1) is 2.81. The van der Waals surface area contributed by atoms with Crippen LogP contribution < -0.4 is 0 Å². The van der Waals surface area contributed by atoms with Crippen LogP contribution in [0.3, 0.4) is 0 Å². The van der Waals surface area contributed by atoms with E-state index in [1.54, 1.807) is 0 Å². The molecule has 0 bridgehead atoms. The van der Waals surface area contributed by atoms with E-state index in [4.69, 9.17) is 0 Å². The zero-order chi connectivity index (χ0) is 6.15. The number of hydrogen-bond acceptors (Lipinski definition) is 0. The topological polar surface area (TPSA) is 0 Å². The molecule has 0 radical (unpaired) electrons. The molecule has 0 amide bonds. The molecule has 0 aromatic carbocycles. The van der Waals surface area contributed by atoms with Crippen molar-refractivity contribution in [2.45, 2.75) is 0 Å². The fraction of sp³-hybridized carbons (Fsp3) is 0. The van der Waals surface area contributed by atoms with Gasteiger partial charge in [0.25, 0.3) is 0 Å². The van der Waals surface area contributed by atoms with Gasteiger partial charge in [0, 0.05) is 0 Å². The van der Waals surface area contributed by atoms with Crippen LogP contribution in [0.1, 0.15) is 0 Å². The molecule has 0 aromatic rings. The van der Waals surface area contributed by atoms with Crippen LogP contribution in [0, 0.1) is 12.1 Å². The van der Waals surface area contributed by atoms with Crippen LogP contribution in [0.2, 0.25) is 0 Å². The normalized spacial score (nSPS) is 16.7. The Morgan fingerprint density at radius 3 is 1.29 bits per heavy atom. The first kappa shape index (κ1) is 6.71. The van der Waals surface area contributed by atoms with Crippen molar-refractivity contribution < 1.29 is 16.8 Å². The van der Waals surface area contributed by atoms with Gasteiger partial charge in [0.1, 0.15) is 0 Å². The van der Waals surface area contributed by atoms with Gasteiger partial charge in [-0.15, -0.1) is 0 Å². The summed E-state index contributed by atoms with van der Waals surface area (Å²) in [5, 5.41) is 0. The van der Waals surface area contributed by atoms with E-state index in [0.717, 1.165) is 0 Å². The average molecular weight is 132 g/mol. The molecule has 0 aliphatic carbocycles. The van der Waals surface area contributed by atoms with Gasteiger partial charge in [0.15, 0.2) is 0 Å². The van der Waals surface area contributed by atoms with Crippen LogP contribution in [0.5, 0.6) is 0 Å². The molecule has 0 atom stereocenters. The molecule has 0 heterocycles. The summed E-state index contributed by atoms with van der Waals surface area (Å²) in [6, 6.07) is 0. The molecule has 42 valence electrons. The average Bonchev–Trinajstić information content (AvgIpc) is 1.32. The zero-order valence-corrected chi connectivity index (χ0v) is 3.93. The van der Waals surface area contributed by atoms with E-state index in [2.05, 4.69) is 6.42 Å². The standard InChI is InChI=1S/C2HF4P/c1-2-7(3,4,5)6/h1H. The quantitative estimate of drug-likeness (QED) is 0.270. The van der Waals surface area contributed by atoms with Crippen molar-refractivity contribution in [3.8, 4) is 12.1 Å². The SMILES string of the molecule is C#CP(F)(F)(F)F. The van der Waals surface area contributed by atoms with Crippen molar-refractivity contribution in [3.05, 3.63) is 0 Å². The minimum absolute atomic E-state index is 0.144. The van der Waals surface area contributed by atoms with Crippen LogP contribution in [0.15, 0.2) is 0 Å². The van der Waals surface area contributed by atoms with E-state index >= 15 is 0 Å². The number of hydrogen-bond donors (Lipinski definition) is 0. The van der Waals surface area contributed by atoms with Gasteiger partial charge in [0.05, 0.1) is 0 Å². The maximum atomic E-state index is 10.7. The summed E-state index contributed by atoms with van der Waals surface area (Å²) in [6.45, 7) is 0. The van der Waals surface area contributed by atoms with Gasteiger partial charge in [-0.25, -0.2) is 0 Å². The first-order valence-electron chi connectivity index (χ1n) is 1.19. The summed E-state index contributed by atoms with van der Waals surface area (Å²) in [5.41, 5.74) is 0.144. The molecular formula is C2HF4P. The van der Waals surface area contributed by atoms with Gasteiger partial charge in [-0.05, 0) is 0 Å². The second-order valence-electron chi connectivity index (χ2n) is 0.850. The van der Waals surface area contributed by atoms with E-state index in [1.807, 2.05) is 0 Å². The molecule has 0 saturated heterocycles. The van der Waals surface area contributed by atoms with E-state index < -0.39 is 7.85 Å². The first-order valence-corrected chi connectivity index (χ1v) is 2.99. The summed E-state index contributed by atoms with van der Waals surface area (Å²) in [4.78, 5) is 0. The Morgan fingerprint density at radius 1 is 1.14 bits per heavy atom. The van der Waals surface area contributed by atoms with E-state index in [1.165, 1.54) is 0 Å². The Hall–Kier alpha value is -0.290. The third-order valence-corrected chi connectivity index (χ3v) is 0.586. The molecule has 0 aliphatic heterocycles. The van der Waals surface area contributed by atoms with Gasteiger partial charge in [-0.1, -0.05) is 0 Å². The molecule has 0 fully saturated rings. The Morgan fingerprint density at radius 2 is 1.29 bits per heavy atom. The molecule has 0 aliphatic rings. The van der Waals surface area contributed by atoms with Crippen molar-refractivity contribution in [3.63, 3.8) is 0 Å². The summed E-state index contributed by atoms with van der Waals surface area (Å²) in [6.07, 6.45) is 3.75. The molecule has 0 spiro atoms. The van der Waals surface area contributed by atoms with Crippen molar-refractivity contribution in [1.29, 1.82) is 0 Å². The fourth-order valence-corrected chi connectivity index (χ4v) is 0. The van der Waals surface area contributed by atoms with Crippen molar-refractivity contribution in [2.75, 3.05) is 0 Å². The molecular weight excluding hydrogens is 131 g/mol. The van der Waals surface area contributed by atoms with Gasteiger partial charge in [0.2, 0.25) is 0 Å². The molecule has 0 aromatic heterocycles. The molecule has 0 nitrogen and oxygen atoms in total. The number of halogens is 4. The third-order valence-electron chi connectivity index (χ3n) is 0.195. The summed E-state index contributed by atoms with van der Waals surface area (Å²) >= 11 is 0. The Labute approximate surface area is 37.9 Å². The van der Waals surface area contributed by atoms with Crippen LogP contribution in [0.25, 0.3) is 0 Å². The predicted octanol–water partition coefficient (Wildman–Crippen LogP) is 2.67. The van der Waals surface area contributed by atoms with Crippen molar-refractivity contribution in [1.82, 2.24) is 0 Å². The van der Waals surface area contributed by atoms with Crippen LogP contribution in [-0.2, 0) is 0 Å². The second-order valence-corrected chi connectivity index (χ2v) is 2.55. The van der Waals surface area contributed by atoms with Gasteiger partial charge >= 0.3 is 36.7 Å². The molecule has 5 heteroatoms. The van der Waals surface area contributed by atoms with Gasteiger partial charge < -0.3 is 0 Å². The van der Waals surface area contributed by atoms with Gasteiger partial charge in [-0.3, -0.25) is 0 Å². The summed E-state index contributed by atoms with van der Waals surface area (Å²) < 4.78 is 42.8. The predicted molar refractivity (Wildman–Crippen MR) is 20.2 cm³/mol. The molecule has 0 saturated carbocycles. The zero-order valence-electron chi connectivity index (χ0n) is 3.04. The van der Waals surface area contributed by atoms with Crippen molar-refractivity contribution >= 4 is 7.85 Å². The van der Waals surface area contributed by atoms with E-state index in [0.29, 0.717) is 0 Å². The van der Waals surface area contributed by atoms with E-state index in [9.17, 15) is 16.8 Å². The Balaban J connectivity index is 4.21. The summed E-state index contributed by atoms with van der Waals surface area (Å²) in [5.74, 6) is 0. The Bertz CT molecular complexity index is 105. The van der Waals surface area contributed by atoms with Crippen molar-refractivity contribution in [2.24, 2.45) is 0 Å². The molecule has 0 rings (SSSR count). The fourth-order valence-electron chi connectivity index (χ4n) is 0. The number of rotatable bonds is 0. The number of terminal acetylenes is 1. The maximum absolute atomic E-state index is 10.7.